The van der Waals surface area contributed by atoms with Crippen LogP contribution in [0.25, 0.3) is 0 Å². The molecule has 1 aromatic carbocycles. The fourth-order valence-corrected chi connectivity index (χ4v) is 3.13. The highest BCUT2D eigenvalue weighted by Gasteiger charge is 2.26. The first-order chi connectivity index (χ1) is 12.2. The molecule has 1 saturated heterocycles. The second-order valence-corrected chi connectivity index (χ2v) is 5.71. The molecule has 2 aromatic rings. The molecule has 3 rings (SSSR count). The summed E-state index contributed by atoms with van der Waals surface area (Å²) in [5, 5.41) is 16.9. The monoisotopic (exact) mass is 349 g/mol. The van der Waals surface area contributed by atoms with Crippen LogP contribution < -0.4 is 40.2 Å². The number of rotatable bonds is 6. The fraction of sp³-hybridized carbons (Fsp3) is 0.500. The molecule has 136 valence electrons. The number of methoxy groups -OCH3 is 3. The Hall–Kier alpha value is -2.68. The molecule has 1 aliphatic rings. The van der Waals surface area contributed by atoms with Gasteiger partial charge in [-0.1, -0.05) is 10.9 Å². The number of ether oxygens (including phenoxy) is 3. The van der Waals surface area contributed by atoms with Gasteiger partial charge in [-0.05, 0) is 29.9 Å². The molecule has 9 heteroatoms. The summed E-state index contributed by atoms with van der Waals surface area (Å²) in [5.41, 5.74) is 1.04. The van der Waals surface area contributed by atoms with E-state index in [-0.39, 0.29) is 11.6 Å². The standard InChI is InChI=1S/C16H23N5O4/c1-22-13-5-4-11(15(23-2)16(13)24-3)8-12-9-18-6-7-20(12)21-10-14(17)25-19-21/h4-5,10,12,17-18H,6-9H2,1-3H3. The van der Waals surface area contributed by atoms with Crippen LogP contribution in [0.5, 0.6) is 17.2 Å². The van der Waals surface area contributed by atoms with Gasteiger partial charge in [-0.15, -0.1) is 0 Å². The van der Waals surface area contributed by atoms with Crippen molar-refractivity contribution in [2.75, 3.05) is 46.0 Å². The molecule has 1 fully saturated rings. The summed E-state index contributed by atoms with van der Waals surface area (Å²) in [6.07, 6.45) is 2.27. The number of piperazine rings is 1. The maximum atomic E-state index is 7.54. The minimum atomic E-state index is 0.0287. The summed E-state index contributed by atoms with van der Waals surface area (Å²) in [4.78, 5) is 1.60. The minimum absolute atomic E-state index is 0.0287. The zero-order chi connectivity index (χ0) is 17.8. The maximum Gasteiger partial charge on any atom is 0.286 e. The molecule has 0 radical (unpaired) electrons. The molecule has 2 heterocycles. The normalized spacial score (nSPS) is 17.4. The molecular weight excluding hydrogens is 326 g/mol. The van der Waals surface area contributed by atoms with E-state index in [4.69, 9.17) is 24.1 Å². The van der Waals surface area contributed by atoms with E-state index in [0.29, 0.717) is 23.7 Å². The molecule has 1 aliphatic heterocycles. The number of hydrogen-bond donors (Lipinski definition) is 2. The van der Waals surface area contributed by atoms with Crippen LogP contribution in [0.4, 0.5) is 0 Å². The van der Waals surface area contributed by atoms with Crippen molar-refractivity contribution in [3.05, 3.63) is 29.4 Å². The second-order valence-electron chi connectivity index (χ2n) is 5.71. The first kappa shape index (κ1) is 17.2. The van der Waals surface area contributed by atoms with Crippen LogP contribution in [0.3, 0.4) is 0 Å². The smallest absolute Gasteiger partial charge is 0.286 e. The topological polar surface area (TPSA) is 97.9 Å². The van der Waals surface area contributed by atoms with Crippen molar-refractivity contribution >= 4 is 0 Å². The van der Waals surface area contributed by atoms with E-state index in [1.54, 1.807) is 32.3 Å². The lowest BCUT2D eigenvalue weighted by Gasteiger charge is -2.37. The minimum Gasteiger partial charge on any atom is -0.493 e. The van der Waals surface area contributed by atoms with E-state index in [1.807, 2.05) is 12.1 Å². The van der Waals surface area contributed by atoms with Crippen LogP contribution in [-0.2, 0) is 6.42 Å². The molecule has 0 spiro atoms. The zero-order valence-electron chi connectivity index (χ0n) is 14.6. The predicted octanol–water partition coefficient (Wildman–Crippen LogP) is -0.818. The molecule has 0 amide bonds. The third-order valence-electron chi connectivity index (χ3n) is 4.28. The lowest BCUT2D eigenvalue weighted by atomic mass is 10.0. The molecule has 0 saturated carbocycles. The highest BCUT2D eigenvalue weighted by molar-refractivity contribution is 5.56. The third-order valence-corrected chi connectivity index (χ3v) is 4.28. The number of nitrogens with zero attached hydrogens (tertiary/aromatic N) is 3. The summed E-state index contributed by atoms with van der Waals surface area (Å²) in [5.74, 6) is 1.88. The Morgan fingerprint density at radius 3 is 2.72 bits per heavy atom. The van der Waals surface area contributed by atoms with Crippen molar-refractivity contribution in [2.45, 2.75) is 12.5 Å². The number of nitrogens with one attached hydrogen (secondary N) is 2. The first-order valence-corrected chi connectivity index (χ1v) is 8.03. The number of hydrogen-bond acceptors (Lipinski definition) is 7. The van der Waals surface area contributed by atoms with Crippen molar-refractivity contribution in [1.82, 2.24) is 10.6 Å². The van der Waals surface area contributed by atoms with Crippen molar-refractivity contribution in [3.8, 4) is 17.2 Å². The Labute approximate surface area is 145 Å². The van der Waals surface area contributed by atoms with E-state index in [1.165, 1.54) is 0 Å². The molecule has 1 aromatic heterocycles. The van der Waals surface area contributed by atoms with Crippen molar-refractivity contribution in [3.63, 3.8) is 0 Å². The van der Waals surface area contributed by atoms with Crippen molar-refractivity contribution in [1.29, 1.82) is 5.41 Å². The van der Waals surface area contributed by atoms with Gasteiger partial charge in [0.15, 0.2) is 11.5 Å². The molecule has 1 atom stereocenters. The molecule has 0 aliphatic carbocycles. The van der Waals surface area contributed by atoms with Crippen molar-refractivity contribution in [2.24, 2.45) is 0 Å². The Kier molecular flexibility index (Phi) is 5.13. The summed E-state index contributed by atoms with van der Waals surface area (Å²) in [7, 11) is 4.82. The third kappa shape index (κ3) is 3.41. The number of aromatic nitrogens is 2. The Morgan fingerprint density at radius 1 is 1.28 bits per heavy atom. The van der Waals surface area contributed by atoms with Gasteiger partial charge in [0.2, 0.25) is 5.75 Å². The van der Waals surface area contributed by atoms with Gasteiger partial charge < -0.3 is 24.1 Å². The molecule has 1 unspecified atom stereocenters. The molecule has 0 bridgehead atoms. The lowest BCUT2D eigenvalue weighted by Crippen LogP contribution is -2.70. The van der Waals surface area contributed by atoms with Crippen LogP contribution >= 0.6 is 0 Å². The van der Waals surface area contributed by atoms with Gasteiger partial charge in [-0.25, -0.2) is 0 Å². The summed E-state index contributed by atoms with van der Waals surface area (Å²) >= 11 is 0. The first-order valence-electron chi connectivity index (χ1n) is 8.03. The van der Waals surface area contributed by atoms with Gasteiger partial charge in [-0.2, -0.15) is 0 Å². The van der Waals surface area contributed by atoms with E-state index < -0.39 is 0 Å². The average Bonchev–Trinajstić information content (AvgIpc) is 3.07. The predicted molar refractivity (Wildman–Crippen MR) is 87.6 cm³/mol. The largest absolute Gasteiger partial charge is 0.493 e. The van der Waals surface area contributed by atoms with Crippen LogP contribution in [0.15, 0.2) is 22.9 Å². The molecule has 25 heavy (non-hydrogen) atoms. The van der Waals surface area contributed by atoms with Gasteiger partial charge in [0.05, 0.1) is 21.3 Å². The summed E-state index contributed by atoms with van der Waals surface area (Å²) < 4.78 is 21.3. The van der Waals surface area contributed by atoms with Gasteiger partial charge in [-0.3, -0.25) is 10.4 Å². The molecular formula is C16H23N5O4. The van der Waals surface area contributed by atoms with Crippen LogP contribution in [-0.4, -0.2) is 47.0 Å². The Balaban J connectivity index is 1.90. The van der Waals surface area contributed by atoms with Crippen molar-refractivity contribution < 1.29 is 23.5 Å². The Bertz CT molecular complexity index is 772. The van der Waals surface area contributed by atoms with Crippen LogP contribution in [0.2, 0.25) is 0 Å². The SMILES string of the molecule is COc1ccc(CC2CNCCN2[n+]2cc(=N)o[n-]2)c(OC)c1OC. The highest BCUT2D eigenvalue weighted by Crippen LogP contribution is 2.40. The van der Waals surface area contributed by atoms with E-state index in [0.717, 1.165) is 25.2 Å². The lowest BCUT2D eigenvalue weighted by molar-refractivity contribution is -0.767. The van der Waals surface area contributed by atoms with Gasteiger partial charge in [0.25, 0.3) is 11.8 Å². The fourth-order valence-electron chi connectivity index (χ4n) is 3.13. The second kappa shape index (κ2) is 7.47. The molecule has 9 nitrogen and oxygen atoms in total. The average molecular weight is 349 g/mol. The summed E-state index contributed by atoms with van der Waals surface area (Å²) in [6.45, 7) is 2.38. The van der Waals surface area contributed by atoms with Gasteiger partial charge in [0.1, 0.15) is 0 Å². The van der Waals surface area contributed by atoms with E-state index in [2.05, 4.69) is 15.6 Å². The summed E-state index contributed by atoms with van der Waals surface area (Å²) in [6, 6.07) is 3.98. The Morgan fingerprint density at radius 2 is 2.08 bits per heavy atom. The van der Waals surface area contributed by atoms with Gasteiger partial charge >= 0.3 is 0 Å². The molecule has 2 N–H and O–H groups in total. The quantitative estimate of drug-likeness (QED) is 0.658. The van der Waals surface area contributed by atoms with E-state index >= 15 is 0 Å². The zero-order valence-corrected chi connectivity index (χ0v) is 14.6. The van der Waals surface area contributed by atoms with Gasteiger partial charge in [0, 0.05) is 19.1 Å². The van der Waals surface area contributed by atoms with Crippen LogP contribution in [0.1, 0.15) is 5.56 Å². The number of benzene rings is 1. The van der Waals surface area contributed by atoms with Crippen LogP contribution in [0, 0.1) is 5.41 Å². The maximum absolute atomic E-state index is 7.54. The highest BCUT2D eigenvalue weighted by atomic mass is 16.5. The van der Waals surface area contributed by atoms with E-state index in [9.17, 15) is 0 Å².